The molecule has 5 nitrogen and oxygen atoms in total. The maximum Gasteiger partial charge on any atom is 0.236 e. The first kappa shape index (κ1) is 20.7. The van der Waals surface area contributed by atoms with Crippen molar-refractivity contribution < 1.29 is 9.53 Å². The van der Waals surface area contributed by atoms with Gasteiger partial charge in [0.2, 0.25) is 5.91 Å². The van der Waals surface area contributed by atoms with E-state index in [1.807, 2.05) is 0 Å². The molecule has 0 spiro atoms. The minimum absolute atomic E-state index is 0.0964. The Morgan fingerprint density at radius 3 is 2.44 bits per heavy atom. The first-order valence-electron chi connectivity index (χ1n) is 10.2. The summed E-state index contributed by atoms with van der Waals surface area (Å²) in [5, 5.41) is 0. The molecule has 1 saturated carbocycles. The minimum atomic E-state index is 0.0964. The first-order valence-corrected chi connectivity index (χ1v) is 10.2. The highest BCUT2D eigenvalue weighted by Crippen LogP contribution is 2.30. The van der Waals surface area contributed by atoms with E-state index in [9.17, 15) is 4.79 Å². The van der Waals surface area contributed by atoms with Crippen LogP contribution in [-0.2, 0) is 9.53 Å². The molecule has 146 valence electrons. The molecule has 2 aliphatic rings. The highest BCUT2D eigenvalue weighted by atomic mass is 16.5. The molecule has 25 heavy (non-hydrogen) atoms. The lowest BCUT2D eigenvalue weighted by atomic mass is 9.86. The lowest BCUT2D eigenvalue weighted by Crippen LogP contribution is -2.58. The standard InChI is InChI=1S/C20H39N3O2/c1-5-6-7-12-22(3)20(17-25-4)10-13-23(14-11-20)19(24)16-21(2)15-18-8-9-18/h18H,5-17H2,1-4H3. The van der Waals surface area contributed by atoms with Gasteiger partial charge in [-0.2, -0.15) is 0 Å². The van der Waals surface area contributed by atoms with Crippen LogP contribution in [0.5, 0.6) is 0 Å². The summed E-state index contributed by atoms with van der Waals surface area (Å²) in [4.78, 5) is 19.4. The van der Waals surface area contributed by atoms with Crippen molar-refractivity contribution in [1.29, 1.82) is 0 Å². The maximum atomic E-state index is 12.6. The Morgan fingerprint density at radius 2 is 1.88 bits per heavy atom. The molecule has 0 radical (unpaired) electrons. The molecule has 5 heteroatoms. The Kier molecular flexibility index (Phi) is 8.17. The molecule has 0 atom stereocenters. The average molecular weight is 354 g/mol. The van der Waals surface area contributed by atoms with Crippen LogP contribution in [0.2, 0.25) is 0 Å². The fraction of sp³-hybridized carbons (Fsp3) is 0.950. The van der Waals surface area contributed by atoms with Crippen LogP contribution in [0.3, 0.4) is 0 Å². The highest BCUT2D eigenvalue weighted by molar-refractivity contribution is 5.78. The van der Waals surface area contributed by atoms with Crippen molar-refractivity contribution in [2.75, 3.05) is 60.5 Å². The Morgan fingerprint density at radius 1 is 1.20 bits per heavy atom. The van der Waals surface area contributed by atoms with Gasteiger partial charge in [0.1, 0.15) is 0 Å². The third-order valence-corrected chi connectivity index (χ3v) is 6.04. The van der Waals surface area contributed by atoms with Crippen LogP contribution < -0.4 is 0 Å². The predicted molar refractivity (Wildman–Crippen MR) is 103 cm³/mol. The van der Waals surface area contributed by atoms with E-state index < -0.39 is 0 Å². The van der Waals surface area contributed by atoms with Crippen LogP contribution in [-0.4, -0.2) is 86.7 Å². The van der Waals surface area contributed by atoms with Crippen molar-refractivity contribution >= 4 is 5.91 Å². The largest absolute Gasteiger partial charge is 0.383 e. The summed E-state index contributed by atoms with van der Waals surface area (Å²) in [6, 6.07) is 0. The van der Waals surface area contributed by atoms with Crippen LogP contribution in [0, 0.1) is 5.92 Å². The molecule has 2 rings (SSSR count). The van der Waals surface area contributed by atoms with Gasteiger partial charge in [-0.15, -0.1) is 0 Å². The van der Waals surface area contributed by atoms with Gasteiger partial charge >= 0.3 is 0 Å². The lowest BCUT2D eigenvalue weighted by molar-refractivity contribution is -0.135. The fourth-order valence-corrected chi connectivity index (χ4v) is 4.05. The van der Waals surface area contributed by atoms with E-state index in [0.717, 1.165) is 51.5 Å². The van der Waals surface area contributed by atoms with Crippen molar-refractivity contribution in [3.05, 3.63) is 0 Å². The van der Waals surface area contributed by atoms with Gasteiger partial charge in [-0.05, 0) is 58.7 Å². The van der Waals surface area contributed by atoms with Gasteiger partial charge in [0.15, 0.2) is 0 Å². The lowest BCUT2D eigenvalue weighted by Gasteiger charge is -2.47. The van der Waals surface area contributed by atoms with E-state index in [-0.39, 0.29) is 5.54 Å². The quantitative estimate of drug-likeness (QED) is 0.535. The van der Waals surface area contributed by atoms with Crippen molar-refractivity contribution in [3.63, 3.8) is 0 Å². The number of amides is 1. The number of methoxy groups -OCH3 is 1. The van der Waals surface area contributed by atoms with E-state index >= 15 is 0 Å². The van der Waals surface area contributed by atoms with E-state index in [1.54, 1.807) is 7.11 Å². The summed E-state index contributed by atoms with van der Waals surface area (Å²) in [5.41, 5.74) is 0.0964. The number of piperidine rings is 1. The van der Waals surface area contributed by atoms with Gasteiger partial charge in [-0.3, -0.25) is 14.6 Å². The maximum absolute atomic E-state index is 12.6. The fourth-order valence-electron chi connectivity index (χ4n) is 4.05. The molecule has 1 aliphatic carbocycles. The molecule has 0 unspecified atom stereocenters. The van der Waals surface area contributed by atoms with Crippen molar-refractivity contribution in [1.82, 2.24) is 14.7 Å². The topological polar surface area (TPSA) is 36.0 Å². The summed E-state index contributed by atoms with van der Waals surface area (Å²) in [7, 11) is 6.11. The third kappa shape index (κ3) is 6.22. The Labute approximate surface area is 154 Å². The zero-order valence-corrected chi connectivity index (χ0v) is 16.9. The molecular formula is C20H39N3O2. The summed E-state index contributed by atoms with van der Waals surface area (Å²) in [6.45, 7) is 7.49. The van der Waals surface area contributed by atoms with Gasteiger partial charge in [-0.25, -0.2) is 0 Å². The second-order valence-electron chi connectivity index (χ2n) is 8.31. The third-order valence-electron chi connectivity index (χ3n) is 6.04. The van der Waals surface area contributed by atoms with Gasteiger partial charge < -0.3 is 9.64 Å². The number of hydrogen-bond donors (Lipinski definition) is 0. The monoisotopic (exact) mass is 353 g/mol. The number of rotatable bonds is 11. The SMILES string of the molecule is CCCCCN(C)C1(COC)CCN(C(=O)CN(C)CC2CC2)CC1. The first-order chi connectivity index (χ1) is 12.0. The van der Waals surface area contributed by atoms with Gasteiger partial charge in [0, 0.05) is 32.3 Å². The Bertz CT molecular complexity index is 404. The van der Waals surface area contributed by atoms with E-state index in [4.69, 9.17) is 4.74 Å². The average Bonchev–Trinajstić information content (AvgIpc) is 3.39. The minimum Gasteiger partial charge on any atom is -0.383 e. The molecule has 1 aliphatic heterocycles. The van der Waals surface area contributed by atoms with Crippen LogP contribution in [0.15, 0.2) is 0 Å². The number of likely N-dealkylation sites (tertiary alicyclic amines) is 1. The number of unbranched alkanes of at least 4 members (excludes halogenated alkanes) is 2. The summed E-state index contributed by atoms with van der Waals surface area (Å²) in [5.74, 6) is 1.13. The number of ether oxygens (including phenoxy) is 1. The number of nitrogens with zero attached hydrogens (tertiary/aromatic N) is 3. The van der Waals surface area contributed by atoms with Crippen LogP contribution in [0.1, 0.15) is 51.9 Å². The van der Waals surface area contributed by atoms with Crippen LogP contribution >= 0.6 is 0 Å². The van der Waals surface area contributed by atoms with Crippen molar-refractivity contribution in [3.8, 4) is 0 Å². The Balaban J connectivity index is 1.81. The van der Waals surface area contributed by atoms with Gasteiger partial charge in [-0.1, -0.05) is 19.8 Å². The second-order valence-corrected chi connectivity index (χ2v) is 8.31. The summed E-state index contributed by atoms with van der Waals surface area (Å²) in [6.07, 6.45) is 8.49. The summed E-state index contributed by atoms with van der Waals surface area (Å²) >= 11 is 0. The number of carbonyl (C=O) groups excluding carboxylic acids is 1. The van der Waals surface area contributed by atoms with Crippen molar-refractivity contribution in [2.24, 2.45) is 5.92 Å². The number of hydrogen-bond acceptors (Lipinski definition) is 4. The highest BCUT2D eigenvalue weighted by Gasteiger charge is 2.39. The van der Waals surface area contributed by atoms with Gasteiger partial charge in [0.25, 0.3) is 0 Å². The molecule has 1 saturated heterocycles. The molecule has 1 amide bonds. The molecule has 0 aromatic heterocycles. The number of carbonyl (C=O) groups is 1. The van der Waals surface area contributed by atoms with E-state index in [2.05, 4.69) is 35.7 Å². The number of likely N-dealkylation sites (N-methyl/N-ethyl adjacent to an activating group) is 2. The molecule has 0 N–H and O–H groups in total. The van der Waals surface area contributed by atoms with Crippen LogP contribution in [0.25, 0.3) is 0 Å². The van der Waals surface area contributed by atoms with Crippen molar-refractivity contribution in [2.45, 2.75) is 57.4 Å². The normalized spacial score (nSPS) is 20.5. The van der Waals surface area contributed by atoms with E-state index in [1.165, 1.54) is 32.1 Å². The smallest absolute Gasteiger partial charge is 0.236 e. The molecule has 0 bridgehead atoms. The molecule has 0 aromatic rings. The van der Waals surface area contributed by atoms with E-state index in [0.29, 0.717) is 12.5 Å². The van der Waals surface area contributed by atoms with Gasteiger partial charge in [0.05, 0.1) is 13.2 Å². The molecule has 1 heterocycles. The zero-order chi connectivity index (χ0) is 18.3. The summed E-state index contributed by atoms with van der Waals surface area (Å²) < 4.78 is 5.57. The molecule has 0 aromatic carbocycles. The predicted octanol–water partition coefficient (Wildman–Crippen LogP) is 2.46. The molecule has 2 fully saturated rings. The molecular weight excluding hydrogens is 314 g/mol. The second kappa shape index (κ2) is 9.89. The van der Waals surface area contributed by atoms with Crippen LogP contribution in [0.4, 0.5) is 0 Å². The zero-order valence-electron chi connectivity index (χ0n) is 16.9. The Hall–Kier alpha value is -0.650.